The lowest BCUT2D eigenvalue weighted by molar-refractivity contribution is -0.131. The van der Waals surface area contributed by atoms with Crippen LogP contribution in [0.1, 0.15) is 43.6 Å². The standard InChI is InChI=1S/C24H32N4O6/c1-13(2)9-18(23(32)27-17(20(30)12-29)10-14-7-8-25-22(14)31)28-24(33)19-11-15-16(26-19)5-4-6-21(15)34-3/h4-6,11,13-14,17-18,26,29H,7-10,12H2,1-3H3,(H,25,31)(H,27,32)(H,28,33)/t14?,17-,18+/m0/s1. The molecule has 1 aromatic carbocycles. The van der Waals surface area contributed by atoms with E-state index in [0.29, 0.717) is 25.1 Å². The SMILES string of the molecule is COc1cccc2[nH]c(C(=O)N[C@H](CC(C)C)C(=O)N[C@@H](CC3CCNC3=O)C(=O)CO)cc12. The molecule has 1 aliphatic rings. The number of Topliss-reactive ketones (excluding diaryl/α,β-unsaturated/α-hetero) is 1. The zero-order chi connectivity index (χ0) is 24.8. The molecule has 0 aliphatic carbocycles. The molecular weight excluding hydrogens is 440 g/mol. The first-order chi connectivity index (χ1) is 16.2. The number of H-pyrrole nitrogens is 1. The number of amides is 3. The average Bonchev–Trinajstić information content (AvgIpc) is 3.43. The van der Waals surface area contributed by atoms with Crippen molar-refractivity contribution in [3.05, 3.63) is 30.0 Å². The molecule has 2 heterocycles. The van der Waals surface area contributed by atoms with Crippen molar-refractivity contribution in [2.24, 2.45) is 11.8 Å². The molecule has 1 aromatic heterocycles. The van der Waals surface area contributed by atoms with Gasteiger partial charge in [-0.1, -0.05) is 19.9 Å². The van der Waals surface area contributed by atoms with Crippen molar-refractivity contribution in [3.63, 3.8) is 0 Å². The normalized spacial score (nSPS) is 17.3. The van der Waals surface area contributed by atoms with Crippen LogP contribution in [0.4, 0.5) is 0 Å². The lowest BCUT2D eigenvalue weighted by Gasteiger charge is -2.24. The molecule has 184 valence electrons. The number of hydrogen-bond donors (Lipinski definition) is 5. The molecule has 0 saturated carbocycles. The zero-order valence-corrected chi connectivity index (χ0v) is 19.6. The number of ether oxygens (including phenoxy) is 1. The molecular formula is C24H32N4O6. The number of benzene rings is 1. The smallest absolute Gasteiger partial charge is 0.268 e. The molecule has 3 atom stereocenters. The summed E-state index contributed by atoms with van der Waals surface area (Å²) in [6, 6.07) is 5.14. The van der Waals surface area contributed by atoms with Crippen LogP contribution < -0.4 is 20.7 Å². The lowest BCUT2D eigenvalue weighted by Crippen LogP contribution is -2.53. The Morgan fingerprint density at radius 3 is 2.59 bits per heavy atom. The number of aromatic amines is 1. The van der Waals surface area contributed by atoms with Gasteiger partial charge in [0, 0.05) is 23.4 Å². The summed E-state index contributed by atoms with van der Waals surface area (Å²) in [6.07, 6.45) is 0.992. The van der Waals surface area contributed by atoms with E-state index in [9.17, 15) is 24.3 Å². The Balaban J connectivity index is 1.75. The van der Waals surface area contributed by atoms with Crippen molar-refractivity contribution in [1.82, 2.24) is 20.9 Å². The molecule has 3 rings (SSSR count). The van der Waals surface area contributed by atoms with E-state index < -0.39 is 42.2 Å². The monoisotopic (exact) mass is 472 g/mol. The molecule has 5 N–H and O–H groups in total. The molecule has 0 radical (unpaired) electrons. The Hall–Kier alpha value is -3.40. The summed E-state index contributed by atoms with van der Waals surface area (Å²) in [5.74, 6) is -1.49. The van der Waals surface area contributed by atoms with Gasteiger partial charge in [0.25, 0.3) is 5.91 Å². The van der Waals surface area contributed by atoms with Gasteiger partial charge in [-0.3, -0.25) is 19.2 Å². The zero-order valence-electron chi connectivity index (χ0n) is 19.6. The fourth-order valence-electron chi connectivity index (χ4n) is 4.17. The number of nitrogens with one attached hydrogen (secondary N) is 4. The maximum absolute atomic E-state index is 13.1. The van der Waals surface area contributed by atoms with Crippen LogP contribution in [0.15, 0.2) is 24.3 Å². The predicted molar refractivity (Wildman–Crippen MR) is 125 cm³/mol. The Bertz CT molecular complexity index is 1060. The van der Waals surface area contributed by atoms with Gasteiger partial charge in [0.05, 0.1) is 13.2 Å². The molecule has 10 nitrogen and oxygen atoms in total. The second-order valence-electron chi connectivity index (χ2n) is 8.96. The van der Waals surface area contributed by atoms with Gasteiger partial charge in [-0.05, 0) is 43.4 Å². The van der Waals surface area contributed by atoms with Gasteiger partial charge < -0.3 is 30.8 Å². The molecule has 1 aliphatic heterocycles. The Kier molecular flexibility index (Phi) is 8.27. The summed E-state index contributed by atoms with van der Waals surface area (Å²) in [7, 11) is 1.55. The Labute approximate surface area is 197 Å². The lowest BCUT2D eigenvalue weighted by atomic mass is 9.95. The van der Waals surface area contributed by atoms with Gasteiger partial charge in [0.15, 0.2) is 5.78 Å². The van der Waals surface area contributed by atoms with Gasteiger partial charge >= 0.3 is 0 Å². The number of carbonyl (C=O) groups excluding carboxylic acids is 4. The number of hydrogen-bond acceptors (Lipinski definition) is 6. The van der Waals surface area contributed by atoms with Crippen LogP contribution in [0.3, 0.4) is 0 Å². The van der Waals surface area contributed by atoms with Gasteiger partial charge in [-0.25, -0.2) is 0 Å². The minimum absolute atomic E-state index is 0.0754. The van der Waals surface area contributed by atoms with Gasteiger partial charge in [0.1, 0.15) is 24.1 Å². The van der Waals surface area contributed by atoms with Crippen LogP contribution >= 0.6 is 0 Å². The van der Waals surface area contributed by atoms with Crippen molar-refractivity contribution in [3.8, 4) is 5.75 Å². The second-order valence-corrected chi connectivity index (χ2v) is 8.96. The molecule has 1 fully saturated rings. The van der Waals surface area contributed by atoms with Crippen LogP contribution in [0, 0.1) is 11.8 Å². The van der Waals surface area contributed by atoms with Gasteiger partial charge in [-0.2, -0.15) is 0 Å². The predicted octanol–water partition coefficient (Wildman–Crippen LogP) is 0.893. The third-order valence-corrected chi connectivity index (χ3v) is 5.96. The minimum atomic E-state index is -1.02. The number of fused-ring (bicyclic) bond motifs is 1. The molecule has 0 spiro atoms. The summed E-state index contributed by atoms with van der Waals surface area (Å²) in [6.45, 7) is 3.59. The first-order valence-corrected chi connectivity index (χ1v) is 11.4. The quantitative estimate of drug-likeness (QED) is 0.328. The van der Waals surface area contributed by atoms with Gasteiger partial charge in [-0.15, -0.1) is 0 Å². The number of methoxy groups -OCH3 is 1. The third kappa shape index (κ3) is 5.93. The van der Waals surface area contributed by atoms with Crippen molar-refractivity contribution < 1.29 is 29.0 Å². The molecule has 0 bridgehead atoms. The van der Waals surface area contributed by atoms with Crippen molar-refractivity contribution in [2.45, 2.75) is 45.2 Å². The summed E-state index contributed by atoms with van der Waals surface area (Å²) in [5, 5.41) is 18.2. The van der Waals surface area contributed by atoms with E-state index in [2.05, 4.69) is 20.9 Å². The van der Waals surface area contributed by atoms with Crippen LogP contribution in [-0.4, -0.2) is 65.9 Å². The molecule has 1 unspecified atom stereocenters. The third-order valence-electron chi connectivity index (χ3n) is 5.96. The maximum Gasteiger partial charge on any atom is 0.268 e. The second kappa shape index (κ2) is 11.1. The van der Waals surface area contributed by atoms with Crippen molar-refractivity contribution in [1.29, 1.82) is 0 Å². The number of aromatic nitrogens is 1. The average molecular weight is 473 g/mol. The van der Waals surface area contributed by atoms with Crippen LogP contribution in [0.25, 0.3) is 10.9 Å². The highest BCUT2D eigenvalue weighted by atomic mass is 16.5. The number of rotatable bonds is 11. The van der Waals surface area contributed by atoms with Crippen molar-refractivity contribution in [2.75, 3.05) is 20.3 Å². The molecule has 34 heavy (non-hydrogen) atoms. The highest BCUT2D eigenvalue weighted by Crippen LogP contribution is 2.26. The maximum atomic E-state index is 13.1. The molecule has 2 aromatic rings. The minimum Gasteiger partial charge on any atom is -0.496 e. The van der Waals surface area contributed by atoms with Crippen molar-refractivity contribution >= 4 is 34.4 Å². The van der Waals surface area contributed by atoms with E-state index in [4.69, 9.17) is 4.74 Å². The largest absolute Gasteiger partial charge is 0.496 e. The van der Waals surface area contributed by atoms with Gasteiger partial charge in [0.2, 0.25) is 11.8 Å². The van der Waals surface area contributed by atoms with E-state index >= 15 is 0 Å². The molecule has 3 amide bonds. The first-order valence-electron chi connectivity index (χ1n) is 11.4. The summed E-state index contributed by atoms with van der Waals surface area (Å²) in [5.41, 5.74) is 0.990. The highest BCUT2D eigenvalue weighted by Gasteiger charge is 2.33. The van der Waals surface area contributed by atoms with Crippen LogP contribution in [-0.2, 0) is 14.4 Å². The number of carbonyl (C=O) groups is 4. The Morgan fingerprint density at radius 2 is 1.97 bits per heavy atom. The number of aliphatic hydroxyl groups excluding tert-OH is 1. The first kappa shape index (κ1) is 25.2. The summed E-state index contributed by atoms with van der Waals surface area (Å²) in [4.78, 5) is 53.4. The summed E-state index contributed by atoms with van der Waals surface area (Å²) >= 11 is 0. The Morgan fingerprint density at radius 1 is 1.21 bits per heavy atom. The topological polar surface area (TPSA) is 150 Å². The molecule has 1 saturated heterocycles. The van der Waals surface area contributed by atoms with E-state index in [1.54, 1.807) is 25.3 Å². The van der Waals surface area contributed by atoms with Crippen LogP contribution in [0.2, 0.25) is 0 Å². The highest BCUT2D eigenvalue weighted by molar-refractivity contribution is 6.02. The van der Waals surface area contributed by atoms with Crippen LogP contribution in [0.5, 0.6) is 5.75 Å². The fourth-order valence-corrected chi connectivity index (χ4v) is 4.17. The fraction of sp³-hybridized carbons (Fsp3) is 0.500. The summed E-state index contributed by atoms with van der Waals surface area (Å²) < 4.78 is 5.33. The van der Waals surface area contributed by atoms with E-state index in [1.807, 2.05) is 19.9 Å². The van der Waals surface area contributed by atoms with E-state index in [-0.39, 0.29) is 23.9 Å². The molecule has 10 heteroatoms. The van der Waals surface area contributed by atoms with E-state index in [0.717, 1.165) is 10.9 Å². The van der Waals surface area contributed by atoms with E-state index in [1.165, 1.54) is 0 Å². The number of aliphatic hydroxyl groups is 1. The number of ketones is 1.